The van der Waals surface area contributed by atoms with Crippen molar-refractivity contribution in [3.63, 3.8) is 0 Å². The van der Waals surface area contributed by atoms with E-state index < -0.39 is 36.0 Å². The van der Waals surface area contributed by atoms with Gasteiger partial charge in [0.1, 0.15) is 12.2 Å². The lowest BCUT2D eigenvalue weighted by atomic mass is 9.74. The Morgan fingerprint density at radius 3 is 1.65 bits per heavy atom. The average Bonchev–Trinajstić information content (AvgIpc) is 2.94. The number of esters is 2. The van der Waals surface area contributed by atoms with Crippen LogP contribution in [-0.2, 0) is 19.1 Å². The van der Waals surface area contributed by atoms with Crippen LogP contribution in [0.5, 0.6) is 34.5 Å². The monoisotopic (exact) mass is 558 g/mol. The van der Waals surface area contributed by atoms with Gasteiger partial charge in [0.15, 0.2) is 23.0 Å². The summed E-state index contributed by atoms with van der Waals surface area (Å²) in [6, 6.07) is 3.22. The Morgan fingerprint density at radius 2 is 1.20 bits per heavy atom. The van der Waals surface area contributed by atoms with E-state index in [2.05, 4.69) is 0 Å². The number of hydrogen-bond acceptors (Lipinski definition) is 10. The fourth-order valence-electron chi connectivity index (χ4n) is 5.14. The predicted octanol–water partition coefficient (Wildman–Crippen LogP) is 5.54. The highest BCUT2D eigenvalue weighted by molar-refractivity contribution is 5.91. The van der Waals surface area contributed by atoms with E-state index in [4.69, 9.17) is 33.2 Å². The van der Waals surface area contributed by atoms with E-state index in [1.165, 1.54) is 48.5 Å². The van der Waals surface area contributed by atoms with Crippen molar-refractivity contribution in [2.24, 2.45) is 11.8 Å². The number of fused-ring (bicyclic) bond motifs is 3. The van der Waals surface area contributed by atoms with E-state index in [1.807, 2.05) is 13.8 Å². The molecule has 1 N–H and O–H groups in total. The summed E-state index contributed by atoms with van der Waals surface area (Å²) in [6.45, 7) is 8.53. The molecular formula is C30H38O10. The van der Waals surface area contributed by atoms with Gasteiger partial charge in [-0.25, -0.2) is 4.79 Å². The molecule has 40 heavy (non-hydrogen) atoms. The number of ether oxygens (including phenoxy) is 7. The van der Waals surface area contributed by atoms with Crippen LogP contribution in [0.1, 0.15) is 58.0 Å². The predicted molar refractivity (Wildman–Crippen MR) is 147 cm³/mol. The van der Waals surface area contributed by atoms with Crippen LogP contribution in [0.2, 0.25) is 0 Å². The third kappa shape index (κ3) is 5.22. The normalized spacial score (nSPS) is 20.2. The maximum Gasteiger partial charge on any atom is 0.333 e. The Hall–Kier alpha value is -4.08. The molecule has 10 heteroatoms. The number of carbonyl (C=O) groups is 2. The Labute approximate surface area is 234 Å². The maximum atomic E-state index is 13.2. The van der Waals surface area contributed by atoms with Crippen LogP contribution >= 0.6 is 0 Å². The van der Waals surface area contributed by atoms with Crippen LogP contribution in [0.4, 0.5) is 0 Å². The minimum atomic E-state index is -0.872. The molecule has 0 radical (unpaired) electrons. The van der Waals surface area contributed by atoms with Crippen molar-refractivity contribution < 1.29 is 47.9 Å². The van der Waals surface area contributed by atoms with Crippen molar-refractivity contribution in [3.8, 4) is 45.6 Å². The SMILES string of the molecule is C/C=C(/C)C(=O)O[C@H]1c2cc(OC)c(OC)c(OC)c2-c2c(cc(O)c(OC)c2OC)[C@H](OC(C)=O)[C@H](C)[C@@H]1C. The highest BCUT2D eigenvalue weighted by Crippen LogP contribution is 2.59. The van der Waals surface area contributed by atoms with Crippen molar-refractivity contribution in [2.75, 3.05) is 35.5 Å². The van der Waals surface area contributed by atoms with Crippen molar-refractivity contribution in [2.45, 2.75) is 46.8 Å². The van der Waals surface area contributed by atoms with Crippen molar-refractivity contribution in [3.05, 3.63) is 34.9 Å². The van der Waals surface area contributed by atoms with Crippen molar-refractivity contribution >= 4 is 11.9 Å². The Bertz CT molecular complexity index is 1310. The van der Waals surface area contributed by atoms with Gasteiger partial charge < -0.3 is 38.3 Å². The summed E-state index contributed by atoms with van der Waals surface area (Å²) in [7, 11) is 7.28. The summed E-state index contributed by atoms with van der Waals surface area (Å²) >= 11 is 0. The van der Waals surface area contributed by atoms with E-state index in [0.29, 0.717) is 33.6 Å². The molecule has 1 aliphatic rings. The first kappa shape index (κ1) is 30.5. The van der Waals surface area contributed by atoms with Gasteiger partial charge in [-0.1, -0.05) is 19.9 Å². The summed E-state index contributed by atoms with van der Waals surface area (Å²) in [4.78, 5) is 25.5. The molecule has 2 aromatic carbocycles. The molecule has 0 fully saturated rings. The number of methoxy groups -OCH3 is 5. The lowest BCUT2D eigenvalue weighted by Gasteiger charge is -2.39. The molecule has 1 aliphatic carbocycles. The number of benzene rings is 2. The van der Waals surface area contributed by atoms with Gasteiger partial charge in [0.25, 0.3) is 0 Å². The number of phenolic OH excluding ortho intramolecular Hbond substituents is 1. The van der Waals surface area contributed by atoms with Crippen LogP contribution in [0.25, 0.3) is 11.1 Å². The molecule has 0 aliphatic heterocycles. The molecule has 2 aromatic rings. The van der Waals surface area contributed by atoms with Gasteiger partial charge >= 0.3 is 11.9 Å². The van der Waals surface area contributed by atoms with Crippen molar-refractivity contribution in [1.29, 1.82) is 0 Å². The zero-order valence-electron chi connectivity index (χ0n) is 24.7. The van der Waals surface area contributed by atoms with Gasteiger partial charge in [-0.05, 0) is 26.0 Å². The molecule has 0 aromatic heterocycles. The quantitative estimate of drug-likeness (QED) is 0.327. The van der Waals surface area contributed by atoms with E-state index in [1.54, 1.807) is 26.0 Å². The minimum absolute atomic E-state index is 0.0604. The second kappa shape index (κ2) is 12.4. The second-order valence-electron chi connectivity index (χ2n) is 9.58. The number of hydrogen-bond donors (Lipinski definition) is 1. The first-order valence-electron chi connectivity index (χ1n) is 12.8. The maximum absolute atomic E-state index is 13.2. The fourth-order valence-corrected chi connectivity index (χ4v) is 5.14. The van der Waals surface area contributed by atoms with Gasteiger partial charge in [-0.3, -0.25) is 4.79 Å². The molecular weight excluding hydrogens is 520 g/mol. The number of rotatable bonds is 8. The molecule has 0 spiro atoms. The topological polar surface area (TPSA) is 119 Å². The van der Waals surface area contributed by atoms with Gasteiger partial charge in [0.2, 0.25) is 11.5 Å². The summed E-state index contributed by atoms with van der Waals surface area (Å²) in [5.41, 5.74) is 2.28. The molecule has 10 nitrogen and oxygen atoms in total. The largest absolute Gasteiger partial charge is 0.504 e. The molecule has 0 unspecified atom stereocenters. The molecule has 0 heterocycles. The van der Waals surface area contributed by atoms with Crippen LogP contribution < -0.4 is 23.7 Å². The van der Waals surface area contributed by atoms with E-state index in [9.17, 15) is 14.7 Å². The van der Waals surface area contributed by atoms with Gasteiger partial charge in [0, 0.05) is 46.6 Å². The van der Waals surface area contributed by atoms with Crippen LogP contribution in [-0.4, -0.2) is 52.6 Å². The lowest BCUT2D eigenvalue weighted by Crippen LogP contribution is -2.31. The lowest BCUT2D eigenvalue weighted by molar-refractivity contribution is -0.157. The second-order valence-corrected chi connectivity index (χ2v) is 9.58. The number of phenols is 1. The number of allylic oxidation sites excluding steroid dienone is 1. The van der Waals surface area contributed by atoms with Crippen LogP contribution in [0, 0.1) is 11.8 Å². The summed E-state index contributed by atoms with van der Waals surface area (Å²) in [5.74, 6) is -0.926. The van der Waals surface area contributed by atoms with Gasteiger partial charge in [0.05, 0.1) is 35.5 Å². The smallest absolute Gasteiger partial charge is 0.333 e. The van der Waals surface area contributed by atoms with Gasteiger partial charge in [-0.15, -0.1) is 0 Å². The Kier molecular flexibility index (Phi) is 9.44. The highest BCUT2D eigenvalue weighted by atomic mass is 16.6. The Balaban J connectivity index is 2.64. The van der Waals surface area contributed by atoms with Gasteiger partial charge in [-0.2, -0.15) is 0 Å². The molecule has 3 rings (SSSR count). The van der Waals surface area contributed by atoms with Crippen molar-refractivity contribution in [1.82, 2.24) is 0 Å². The standard InChI is InChI=1S/C30H38O10/c1-11-14(2)30(33)40-25-16(4)15(3)24(39-17(5)31)18-12-20(32)26(35-7)28(37-9)22(18)23-19(25)13-21(34-6)27(36-8)29(23)38-10/h11-13,15-16,24-25,32H,1-10H3/b14-11-/t15-,16+,24-,25-/m1/s1. The first-order valence-corrected chi connectivity index (χ1v) is 12.8. The molecule has 0 bridgehead atoms. The zero-order valence-corrected chi connectivity index (χ0v) is 24.7. The summed E-state index contributed by atoms with van der Waals surface area (Å²) in [5, 5.41) is 11.0. The average molecular weight is 559 g/mol. The fraction of sp³-hybridized carbons (Fsp3) is 0.467. The summed E-state index contributed by atoms with van der Waals surface area (Å²) in [6.07, 6.45) is -0.0525. The molecule has 0 saturated heterocycles. The molecule has 0 saturated carbocycles. The third-order valence-corrected chi connectivity index (χ3v) is 7.44. The van der Waals surface area contributed by atoms with E-state index >= 15 is 0 Å². The van der Waals surface area contributed by atoms with Crippen LogP contribution in [0.15, 0.2) is 23.8 Å². The van der Waals surface area contributed by atoms with Crippen LogP contribution in [0.3, 0.4) is 0 Å². The molecule has 0 amide bonds. The zero-order chi connectivity index (χ0) is 29.9. The molecule has 4 atom stereocenters. The number of carbonyl (C=O) groups excluding carboxylic acids is 2. The highest BCUT2D eigenvalue weighted by Gasteiger charge is 2.43. The minimum Gasteiger partial charge on any atom is -0.504 e. The third-order valence-electron chi connectivity index (χ3n) is 7.44. The number of aromatic hydroxyl groups is 1. The van der Waals surface area contributed by atoms with E-state index in [-0.39, 0.29) is 28.7 Å². The Morgan fingerprint density at radius 1 is 0.725 bits per heavy atom. The summed E-state index contributed by atoms with van der Waals surface area (Å²) < 4.78 is 40.7. The molecule has 218 valence electrons. The van der Waals surface area contributed by atoms with E-state index in [0.717, 1.165) is 0 Å². The first-order chi connectivity index (χ1) is 19.0.